The topological polar surface area (TPSA) is 28.2 Å². The summed E-state index contributed by atoms with van der Waals surface area (Å²) in [7, 11) is 0. The van der Waals surface area contributed by atoms with E-state index in [1.54, 1.807) is 23.5 Å². The van der Waals surface area contributed by atoms with E-state index >= 15 is 0 Å². The molecule has 4 rings (SSSR count). The summed E-state index contributed by atoms with van der Waals surface area (Å²) in [5.74, 6) is -0.149. The molecule has 1 saturated carbocycles. The summed E-state index contributed by atoms with van der Waals surface area (Å²) < 4.78 is 13.5. The maximum absolute atomic E-state index is 13.5. The van der Waals surface area contributed by atoms with Gasteiger partial charge in [-0.15, -0.1) is 11.3 Å². The van der Waals surface area contributed by atoms with Crippen molar-refractivity contribution in [2.24, 2.45) is 5.41 Å². The third-order valence-corrected chi connectivity index (χ3v) is 6.05. The number of nitrogens with one attached hydrogen (secondary N) is 1. The van der Waals surface area contributed by atoms with Gasteiger partial charge in [-0.1, -0.05) is 12.1 Å². The fraction of sp³-hybridized carbons (Fsp3) is 0.500. The lowest BCUT2D eigenvalue weighted by atomic mass is 9.93. The van der Waals surface area contributed by atoms with E-state index in [1.807, 2.05) is 17.6 Å². The van der Waals surface area contributed by atoms with E-state index in [9.17, 15) is 4.39 Å². The Kier molecular flexibility index (Phi) is 4.18. The lowest BCUT2D eigenvalue weighted by Crippen LogP contribution is -2.35. The van der Waals surface area contributed by atoms with E-state index in [0.29, 0.717) is 11.5 Å². The standard InChI is InChI=1S/C18H22FN3S/c19-15-3-1-2-14(10-15)12-22(13-17-21-8-9-23-17)16-11-18(16)4-6-20-7-5-18/h1-3,8-10,16,20H,4-7,11-13H2. The van der Waals surface area contributed by atoms with E-state index in [1.165, 1.54) is 25.3 Å². The fourth-order valence-corrected chi connectivity index (χ4v) is 4.60. The molecule has 5 heteroatoms. The highest BCUT2D eigenvalue weighted by atomic mass is 32.1. The molecule has 0 radical (unpaired) electrons. The molecule has 2 fully saturated rings. The van der Waals surface area contributed by atoms with Gasteiger partial charge in [0.05, 0.1) is 6.54 Å². The van der Waals surface area contributed by atoms with Crippen LogP contribution in [0, 0.1) is 11.2 Å². The number of aromatic nitrogens is 1. The summed E-state index contributed by atoms with van der Waals surface area (Å²) in [5.41, 5.74) is 1.54. The van der Waals surface area contributed by atoms with Crippen LogP contribution in [0.15, 0.2) is 35.8 Å². The van der Waals surface area contributed by atoms with Crippen LogP contribution in [0.1, 0.15) is 29.8 Å². The average Bonchev–Trinajstić information content (AvgIpc) is 2.99. The first-order valence-corrected chi connectivity index (χ1v) is 9.21. The summed E-state index contributed by atoms with van der Waals surface area (Å²) in [6.45, 7) is 3.92. The molecule has 1 aromatic heterocycles. The van der Waals surface area contributed by atoms with Crippen LogP contribution in [-0.2, 0) is 13.1 Å². The Balaban J connectivity index is 1.52. The second-order valence-electron chi connectivity index (χ2n) is 6.79. The van der Waals surface area contributed by atoms with Crippen LogP contribution >= 0.6 is 11.3 Å². The van der Waals surface area contributed by atoms with Crippen molar-refractivity contribution < 1.29 is 4.39 Å². The van der Waals surface area contributed by atoms with E-state index < -0.39 is 0 Å². The Morgan fingerprint density at radius 1 is 1.30 bits per heavy atom. The van der Waals surface area contributed by atoms with Gasteiger partial charge in [-0.25, -0.2) is 9.37 Å². The summed E-state index contributed by atoms with van der Waals surface area (Å²) in [5, 5.41) is 6.65. The highest BCUT2D eigenvalue weighted by Crippen LogP contribution is 2.56. The van der Waals surface area contributed by atoms with E-state index in [-0.39, 0.29) is 5.82 Å². The number of rotatable bonds is 5. The number of piperidine rings is 1. The minimum Gasteiger partial charge on any atom is -0.317 e. The Hall–Kier alpha value is -1.30. The molecule has 1 N–H and O–H groups in total. The van der Waals surface area contributed by atoms with Crippen molar-refractivity contribution in [3.8, 4) is 0 Å². The Labute approximate surface area is 140 Å². The molecule has 2 aliphatic rings. The van der Waals surface area contributed by atoms with Crippen molar-refractivity contribution in [3.05, 3.63) is 52.2 Å². The van der Waals surface area contributed by atoms with Gasteiger partial charge in [0.15, 0.2) is 0 Å². The number of hydrogen-bond donors (Lipinski definition) is 1. The molecule has 3 nitrogen and oxygen atoms in total. The predicted molar refractivity (Wildman–Crippen MR) is 90.7 cm³/mol. The van der Waals surface area contributed by atoms with Crippen molar-refractivity contribution in [2.75, 3.05) is 13.1 Å². The minimum atomic E-state index is -0.149. The monoisotopic (exact) mass is 331 g/mol. The zero-order valence-corrected chi connectivity index (χ0v) is 14.0. The first-order valence-electron chi connectivity index (χ1n) is 8.33. The molecule has 1 unspecified atom stereocenters. The SMILES string of the molecule is Fc1cccc(CN(Cc2nccs2)C2CC23CCNCC3)c1. The molecule has 1 saturated heterocycles. The molecular formula is C18H22FN3S. The molecule has 1 aliphatic carbocycles. The quantitative estimate of drug-likeness (QED) is 0.910. The molecule has 2 heterocycles. The Morgan fingerprint density at radius 2 is 2.17 bits per heavy atom. The number of halogens is 1. The van der Waals surface area contributed by atoms with Crippen LogP contribution in [0.2, 0.25) is 0 Å². The second-order valence-corrected chi connectivity index (χ2v) is 7.77. The Bertz CT molecular complexity index is 652. The number of thiazole rings is 1. The van der Waals surface area contributed by atoms with Gasteiger partial charge in [-0.3, -0.25) is 4.90 Å². The average molecular weight is 331 g/mol. The zero-order chi connectivity index (χ0) is 15.7. The van der Waals surface area contributed by atoms with Crippen molar-refractivity contribution in [1.29, 1.82) is 0 Å². The van der Waals surface area contributed by atoms with Crippen molar-refractivity contribution in [2.45, 2.75) is 38.4 Å². The third kappa shape index (κ3) is 3.32. The van der Waals surface area contributed by atoms with Crippen LogP contribution in [-0.4, -0.2) is 29.0 Å². The van der Waals surface area contributed by atoms with Crippen LogP contribution in [0.25, 0.3) is 0 Å². The lowest BCUT2D eigenvalue weighted by molar-refractivity contribution is 0.187. The Morgan fingerprint density at radius 3 is 2.91 bits per heavy atom. The zero-order valence-electron chi connectivity index (χ0n) is 13.2. The van der Waals surface area contributed by atoms with Gasteiger partial charge in [0.25, 0.3) is 0 Å². The maximum Gasteiger partial charge on any atom is 0.123 e. The van der Waals surface area contributed by atoms with E-state index in [4.69, 9.17) is 0 Å². The smallest absolute Gasteiger partial charge is 0.123 e. The van der Waals surface area contributed by atoms with Gasteiger partial charge < -0.3 is 5.32 Å². The molecule has 1 spiro atoms. The van der Waals surface area contributed by atoms with Gasteiger partial charge in [0, 0.05) is 24.2 Å². The first-order chi connectivity index (χ1) is 11.3. The van der Waals surface area contributed by atoms with Gasteiger partial charge in [0.1, 0.15) is 10.8 Å². The molecule has 1 atom stereocenters. The number of benzene rings is 1. The van der Waals surface area contributed by atoms with Gasteiger partial charge in [-0.2, -0.15) is 0 Å². The summed E-state index contributed by atoms with van der Waals surface area (Å²) >= 11 is 1.71. The highest BCUT2D eigenvalue weighted by molar-refractivity contribution is 7.09. The molecule has 122 valence electrons. The third-order valence-electron chi connectivity index (χ3n) is 5.28. The van der Waals surface area contributed by atoms with E-state index in [2.05, 4.69) is 15.2 Å². The fourth-order valence-electron chi connectivity index (χ4n) is 3.96. The van der Waals surface area contributed by atoms with Crippen molar-refractivity contribution >= 4 is 11.3 Å². The van der Waals surface area contributed by atoms with Crippen LogP contribution in [0.3, 0.4) is 0 Å². The lowest BCUT2D eigenvalue weighted by Gasteiger charge is -2.29. The van der Waals surface area contributed by atoms with Crippen LogP contribution in [0.5, 0.6) is 0 Å². The predicted octanol–water partition coefficient (Wildman–Crippen LogP) is 3.43. The molecule has 0 bridgehead atoms. The van der Waals surface area contributed by atoms with Crippen LogP contribution < -0.4 is 5.32 Å². The summed E-state index contributed by atoms with van der Waals surface area (Å²) in [4.78, 5) is 6.96. The molecular weight excluding hydrogens is 309 g/mol. The van der Waals surface area contributed by atoms with Gasteiger partial charge in [-0.05, 0) is 55.5 Å². The number of nitrogens with zero attached hydrogens (tertiary/aromatic N) is 2. The van der Waals surface area contributed by atoms with E-state index in [0.717, 1.165) is 36.8 Å². The molecule has 2 aromatic rings. The molecule has 23 heavy (non-hydrogen) atoms. The van der Waals surface area contributed by atoms with Crippen molar-refractivity contribution in [3.63, 3.8) is 0 Å². The summed E-state index contributed by atoms with van der Waals surface area (Å²) in [6, 6.07) is 7.61. The molecule has 0 amide bonds. The second kappa shape index (κ2) is 6.30. The van der Waals surface area contributed by atoms with Crippen molar-refractivity contribution in [1.82, 2.24) is 15.2 Å². The largest absolute Gasteiger partial charge is 0.317 e. The van der Waals surface area contributed by atoms with Gasteiger partial charge in [0.2, 0.25) is 0 Å². The van der Waals surface area contributed by atoms with Crippen LogP contribution in [0.4, 0.5) is 4.39 Å². The minimum absolute atomic E-state index is 0.149. The summed E-state index contributed by atoms with van der Waals surface area (Å²) in [6.07, 6.45) is 5.66. The maximum atomic E-state index is 13.5. The number of hydrogen-bond acceptors (Lipinski definition) is 4. The first kappa shape index (κ1) is 15.2. The van der Waals surface area contributed by atoms with Gasteiger partial charge >= 0.3 is 0 Å². The highest BCUT2D eigenvalue weighted by Gasteiger charge is 2.56. The molecule has 1 aromatic carbocycles. The normalized spacial score (nSPS) is 22.6. The molecule has 1 aliphatic heterocycles.